The van der Waals surface area contributed by atoms with Crippen LogP contribution in [0.5, 0.6) is 0 Å². The van der Waals surface area contributed by atoms with E-state index in [0.29, 0.717) is 6.04 Å². The quantitative estimate of drug-likeness (QED) is 0.811. The topological polar surface area (TPSA) is 24.9 Å². The van der Waals surface area contributed by atoms with Gasteiger partial charge in [0.15, 0.2) is 0 Å². The lowest BCUT2D eigenvalue weighted by molar-refractivity contribution is 0.409. The first-order chi connectivity index (χ1) is 8.25. The first kappa shape index (κ1) is 12.5. The molecule has 1 aromatic rings. The maximum absolute atomic E-state index is 12.8. The zero-order valence-corrected chi connectivity index (χ0v) is 10.5. The van der Waals surface area contributed by atoms with Gasteiger partial charge in [-0.25, -0.2) is 4.39 Å². The van der Waals surface area contributed by atoms with E-state index in [-0.39, 0.29) is 11.9 Å². The van der Waals surface area contributed by atoms with Crippen LogP contribution >= 0.6 is 0 Å². The second-order valence-electron chi connectivity index (χ2n) is 4.98. The predicted octanol–water partition coefficient (Wildman–Crippen LogP) is 3.59. The van der Waals surface area contributed by atoms with E-state index in [4.69, 9.17) is 0 Å². The Morgan fingerprint density at radius 1 is 1.24 bits per heavy atom. The van der Waals surface area contributed by atoms with Crippen LogP contribution in [0.3, 0.4) is 0 Å². The minimum absolute atomic E-state index is 0.207. The summed E-state index contributed by atoms with van der Waals surface area (Å²) in [6.07, 6.45) is 9.17. The van der Waals surface area contributed by atoms with E-state index in [2.05, 4.69) is 17.2 Å². The second kappa shape index (κ2) is 6.10. The van der Waals surface area contributed by atoms with Gasteiger partial charge in [0, 0.05) is 12.1 Å². The van der Waals surface area contributed by atoms with Crippen molar-refractivity contribution >= 4 is 0 Å². The molecule has 0 radical (unpaired) electrons. The molecule has 1 aliphatic rings. The maximum Gasteiger partial charge on any atom is 0.141 e. The fraction of sp³-hybridized carbons (Fsp3) is 0.643. The molecule has 2 nitrogen and oxygen atoms in total. The lowest BCUT2D eigenvalue weighted by Crippen LogP contribution is -2.31. The second-order valence-corrected chi connectivity index (χ2v) is 4.98. The number of nitrogens with zero attached hydrogens (tertiary/aromatic N) is 1. The van der Waals surface area contributed by atoms with Crippen molar-refractivity contribution in [2.45, 2.75) is 57.5 Å². The van der Waals surface area contributed by atoms with E-state index in [1.165, 1.54) is 50.8 Å². The molecule has 0 aliphatic heterocycles. The summed E-state index contributed by atoms with van der Waals surface area (Å²) in [5.74, 6) is -0.268. The Bertz CT molecular complexity index is 329. The van der Waals surface area contributed by atoms with E-state index in [1.54, 1.807) is 6.07 Å². The smallest absolute Gasteiger partial charge is 0.141 e. The Labute approximate surface area is 103 Å². The molecule has 17 heavy (non-hydrogen) atoms. The van der Waals surface area contributed by atoms with Crippen molar-refractivity contribution in [1.29, 1.82) is 0 Å². The average molecular weight is 236 g/mol. The number of pyridine rings is 1. The van der Waals surface area contributed by atoms with Crippen LogP contribution in [0.2, 0.25) is 0 Å². The third kappa shape index (κ3) is 3.77. The van der Waals surface area contributed by atoms with Crippen molar-refractivity contribution < 1.29 is 4.39 Å². The molecule has 0 saturated heterocycles. The molecular weight excluding hydrogens is 215 g/mol. The molecule has 3 heteroatoms. The number of nitrogens with one attached hydrogen (secondary N) is 1. The van der Waals surface area contributed by atoms with E-state index < -0.39 is 0 Å². The van der Waals surface area contributed by atoms with Gasteiger partial charge >= 0.3 is 0 Å². The lowest BCUT2D eigenvalue weighted by Gasteiger charge is -2.21. The molecule has 1 aliphatic carbocycles. The van der Waals surface area contributed by atoms with Gasteiger partial charge in [0.25, 0.3) is 0 Å². The number of rotatable bonds is 3. The van der Waals surface area contributed by atoms with Crippen LogP contribution in [-0.4, -0.2) is 11.0 Å². The number of hydrogen-bond donors (Lipinski definition) is 1. The number of halogens is 1. The normalized spacial score (nSPS) is 19.9. The highest BCUT2D eigenvalue weighted by molar-refractivity contribution is 5.09. The molecule has 0 spiro atoms. The average Bonchev–Trinajstić information content (AvgIpc) is 2.58. The molecule has 94 valence electrons. The molecule has 1 heterocycles. The summed E-state index contributed by atoms with van der Waals surface area (Å²) < 4.78 is 12.8. The zero-order valence-electron chi connectivity index (χ0n) is 10.5. The van der Waals surface area contributed by atoms with Gasteiger partial charge in [-0.2, -0.15) is 0 Å². The van der Waals surface area contributed by atoms with Crippen LogP contribution in [0.1, 0.15) is 57.2 Å². The van der Waals surface area contributed by atoms with Crippen molar-refractivity contribution in [3.05, 3.63) is 29.8 Å². The molecule has 1 atom stereocenters. The van der Waals surface area contributed by atoms with Crippen LogP contribution in [0.4, 0.5) is 4.39 Å². The van der Waals surface area contributed by atoms with Crippen LogP contribution in [0.15, 0.2) is 18.3 Å². The Morgan fingerprint density at radius 3 is 2.53 bits per heavy atom. The van der Waals surface area contributed by atoms with Crippen molar-refractivity contribution in [2.24, 2.45) is 0 Å². The monoisotopic (exact) mass is 236 g/mol. The van der Waals surface area contributed by atoms with E-state index in [1.807, 2.05) is 0 Å². The summed E-state index contributed by atoms with van der Waals surface area (Å²) in [5.41, 5.74) is 0.927. The fourth-order valence-corrected chi connectivity index (χ4v) is 2.53. The van der Waals surface area contributed by atoms with Gasteiger partial charge in [-0.05, 0) is 31.9 Å². The molecular formula is C14H21FN2. The highest BCUT2D eigenvalue weighted by Gasteiger charge is 2.15. The predicted molar refractivity (Wildman–Crippen MR) is 67.2 cm³/mol. The van der Waals surface area contributed by atoms with E-state index >= 15 is 0 Å². The molecule has 0 amide bonds. The summed E-state index contributed by atoms with van der Waals surface area (Å²) >= 11 is 0. The summed E-state index contributed by atoms with van der Waals surface area (Å²) in [6, 6.07) is 4.05. The molecule has 0 bridgehead atoms. The molecule has 0 aromatic carbocycles. The maximum atomic E-state index is 12.8. The largest absolute Gasteiger partial charge is 0.306 e. The molecule has 1 unspecified atom stereocenters. The van der Waals surface area contributed by atoms with Gasteiger partial charge in [-0.3, -0.25) is 4.98 Å². The summed E-state index contributed by atoms with van der Waals surface area (Å²) in [5, 5.41) is 3.61. The third-order valence-electron chi connectivity index (χ3n) is 3.53. The van der Waals surface area contributed by atoms with Crippen molar-refractivity contribution in [3.63, 3.8) is 0 Å². The lowest BCUT2D eigenvalue weighted by atomic mass is 10.1. The van der Waals surface area contributed by atoms with Gasteiger partial charge in [-0.15, -0.1) is 0 Å². The van der Waals surface area contributed by atoms with Crippen LogP contribution < -0.4 is 5.32 Å². The van der Waals surface area contributed by atoms with Crippen molar-refractivity contribution in [2.75, 3.05) is 0 Å². The number of hydrogen-bond acceptors (Lipinski definition) is 2. The van der Waals surface area contributed by atoms with Gasteiger partial charge in [0.1, 0.15) is 5.82 Å². The third-order valence-corrected chi connectivity index (χ3v) is 3.53. The SMILES string of the molecule is CC(NC1CCCCCC1)c1ccc(F)cn1. The molecule has 1 saturated carbocycles. The minimum Gasteiger partial charge on any atom is -0.306 e. The van der Waals surface area contributed by atoms with Crippen LogP contribution in [-0.2, 0) is 0 Å². The van der Waals surface area contributed by atoms with Crippen LogP contribution in [0, 0.1) is 5.82 Å². The Morgan fingerprint density at radius 2 is 1.94 bits per heavy atom. The first-order valence-electron chi connectivity index (χ1n) is 6.63. The zero-order chi connectivity index (χ0) is 12.1. The van der Waals surface area contributed by atoms with Gasteiger partial charge in [0.05, 0.1) is 11.9 Å². The first-order valence-corrected chi connectivity index (χ1v) is 6.63. The Kier molecular flexibility index (Phi) is 4.49. The van der Waals surface area contributed by atoms with Crippen molar-refractivity contribution in [1.82, 2.24) is 10.3 Å². The molecule has 2 rings (SSSR count). The van der Waals surface area contributed by atoms with Gasteiger partial charge in [0.2, 0.25) is 0 Å². The Balaban J connectivity index is 1.91. The summed E-state index contributed by atoms with van der Waals surface area (Å²) in [7, 11) is 0. The standard InChI is InChI=1S/C14H21FN2/c1-11(14-9-8-12(15)10-16-14)17-13-6-4-2-3-5-7-13/h8-11,13,17H,2-7H2,1H3. The fourth-order valence-electron chi connectivity index (χ4n) is 2.53. The summed E-state index contributed by atoms with van der Waals surface area (Å²) in [6.45, 7) is 2.10. The van der Waals surface area contributed by atoms with E-state index in [0.717, 1.165) is 5.69 Å². The highest BCUT2D eigenvalue weighted by atomic mass is 19.1. The molecule has 1 N–H and O–H groups in total. The molecule has 1 fully saturated rings. The highest BCUT2D eigenvalue weighted by Crippen LogP contribution is 2.20. The summed E-state index contributed by atoms with van der Waals surface area (Å²) in [4.78, 5) is 4.13. The van der Waals surface area contributed by atoms with Gasteiger partial charge in [-0.1, -0.05) is 25.7 Å². The van der Waals surface area contributed by atoms with Crippen molar-refractivity contribution in [3.8, 4) is 0 Å². The minimum atomic E-state index is -0.268. The molecule has 1 aromatic heterocycles. The van der Waals surface area contributed by atoms with Crippen LogP contribution in [0.25, 0.3) is 0 Å². The van der Waals surface area contributed by atoms with Gasteiger partial charge < -0.3 is 5.32 Å². The number of aromatic nitrogens is 1. The van der Waals surface area contributed by atoms with E-state index in [9.17, 15) is 4.39 Å². The Hall–Kier alpha value is -0.960.